The van der Waals surface area contributed by atoms with Crippen LogP contribution in [0.25, 0.3) is 0 Å². The van der Waals surface area contributed by atoms with Crippen LogP contribution in [0.2, 0.25) is 0 Å². The number of pyridine rings is 1. The minimum Gasteiger partial charge on any atom is -0.478 e. The van der Waals surface area contributed by atoms with Gasteiger partial charge in [-0.15, -0.1) is 0 Å². The van der Waals surface area contributed by atoms with Gasteiger partial charge in [-0.05, 0) is 39.3 Å². The molecule has 1 amide bonds. The number of nitrogens with zero attached hydrogens (tertiary/aromatic N) is 1. The molecule has 0 aliphatic carbocycles. The average Bonchev–Trinajstić information content (AvgIpc) is 2.37. The van der Waals surface area contributed by atoms with E-state index in [-0.39, 0.29) is 17.5 Å². The highest BCUT2D eigenvalue weighted by Gasteiger charge is 2.15. The summed E-state index contributed by atoms with van der Waals surface area (Å²) in [6.45, 7) is 7.36. The van der Waals surface area contributed by atoms with E-state index in [9.17, 15) is 9.59 Å². The highest BCUT2D eigenvalue weighted by molar-refractivity contribution is 5.89. The number of carbonyl (C=O) groups is 2. The third-order valence-electron chi connectivity index (χ3n) is 2.68. The van der Waals surface area contributed by atoms with Gasteiger partial charge in [0.15, 0.2) is 0 Å². The minimum atomic E-state index is -1.01. The number of carbonyl (C=O) groups excluding carboxylic acids is 1. The van der Waals surface area contributed by atoms with Crippen molar-refractivity contribution in [3.63, 3.8) is 0 Å². The number of aromatic nitrogens is 1. The molecule has 0 aromatic carbocycles. The van der Waals surface area contributed by atoms with Gasteiger partial charge < -0.3 is 15.7 Å². The van der Waals surface area contributed by atoms with Crippen LogP contribution in [-0.4, -0.2) is 34.1 Å². The summed E-state index contributed by atoms with van der Waals surface area (Å²) in [5, 5.41) is 14.8. The molecule has 20 heavy (non-hydrogen) atoms. The number of nitrogens with one attached hydrogen (secondary N) is 2. The van der Waals surface area contributed by atoms with Crippen molar-refractivity contribution in [2.45, 2.75) is 46.2 Å². The van der Waals surface area contributed by atoms with E-state index in [1.165, 1.54) is 12.1 Å². The van der Waals surface area contributed by atoms with Gasteiger partial charge in [-0.25, -0.2) is 9.78 Å². The first kappa shape index (κ1) is 15.9. The monoisotopic (exact) mass is 279 g/mol. The van der Waals surface area contributed by atoms with Crippen molar-refractivity contribution in [3.05, 3.63) is 23.4 Å². The summed E-state index contributed by atoms with van der Waals surface area (Å²) in [7, 11) is 0. The molecule has 110 valence electrons. The highest BCUT2D eigenvalue weighted by Crippen LogP contribution is 2.12. The summed E-state index contributed by atoms with van der Waals surface area (Å²) in [4.78, 5) is 27.1. The van der Waals surface area contributed by atoms with Crippen molar-refractivity contribution in [2.75, 3.05) is 5.32 Å². The third kappa shape index (κ3) is 4.53. The van der Waals surface area contributed by atoms with Gasteiger partial charge in [0.2, 0.25) is 5.91 Å². The van der Waals surface area contributed by atoms with Crippen LogP contribution in [0.1, 0.15) is 43.7 Å². The van der Waals surface area contributed by atoms with Gasteiger partial charge in [0.1, 0.15) is 11.9 Å². The van der Waals surface area contributed by atoms with Crippen LogP contribution in [0.3, 0.4) is 0 Å². The van der Waals surface area contributed by atoms with E-state index in [1.807, 2.05) is 20.8 Å². The predicted molar refractivity (Wildman–Crippen MR) is 76.9 cm³/mol. The molecule has 6 nitrogen and oxygen atoms in total. The summed E-state index contributed by atoms with van der Waals surface area (Å²) in [5.41, 5.74) is 0.833. The Morgan fingerprint density at radius 1 is 1.30 bits per heavy atom. The Labute approximate surface area is 118 Å². The zero-order valence-corrected chi connectivity index (χ0v) is 12.2. The molecule has 0 aliphatic heterocycles. The van der Waals surface area contributed by atoms with Crippen LogP contribution in [0.4, 0.5) is 5.82 Å². The second kappa shape index (κ2) is 6.88. The summed E-state index contributed by atoms with van der Waals surface area (Å²) in [6.07, 6.45) is 0.627. The maximum Gasteiger partial charge on any atom is 0.335 e. The van der Waals surface area contributed by atoms with Gasteiger partial charge in [0, 0.05) is 11.7 Å². The lowest BCUT2D eigenvalue weighted by Crippen LogP contribution is -2.41. The molecule has 1 aromatic rings. The lowest BCUT2D eigenvalue weighted by molar-refractivity contribution is -0.122. The molecule has 1 atom stereocenters. The fourth-order valence-electron chi connectivity index (χ4n) is 1.66. The Kier molecular flexibility index (Phi) is 5.49. The molecule has 0 saturated carbocycles. The molecule has 0 spiro atoms. The Balaban J connectivity index is 2.88. The zero-order valence-electron chi connectivity index (χ0n) is 12.2. The van der Waals surface area contributed by atoms with Crippen LogP contribution in [0.5, 0.6) is 0 Å². The molecule has 0 bridgehead atoms. The van der Waals surface area contributed by atoms with Gasteiger partial charge in [-0.3, -0.25) is 4.79 Å². The standard InChI is InChI=1S/C14H21N3O3/c1-5-11-6-10(14(19)20)7-12(17-11)16-9(4)13(18)15-8(2)3/h6-9H,5H2,1-4H3,(H,15,18)(H,16,17)(H,19,20). The topological polar surface area (TPSA) is 91.3 Å². The predicted octanol–water partition coefficient (Wildman–Crippen LogP) is 1.67. The number of hydrogen-bond donors (Lipinski definition) is 3. The van der Waals surface area contributed by atoms with Gasteiger partial charge in [-0.2, -0.15) is 0 Å². The maximum atomic E-state index is 11.8. The molecule has 0 fully saturated rings. The van der Waals surface area contributed by atoms with E-state index >= 15 is 0 Å². The SMILES string of the molecule is CCc1cc(C(=O)O)cc(NC(C)C(=O)NC(C)C)n1. The largest absolute Gasteiger partial charge is 0.478 e. The van der Waals surface area contributed by atoms with Crippen LogP contribution in [0, 0.1) is 0 Å². The molecule has 1 rings (SSSR count). The molecular formula is C14H21N3O3. The average molecular weight is 279 g/mol. The lowest BCUT2D eigenvalue weighted by Gasteiger charge is -2.17. The van der Waals surface area contributed by atoms with Crippen LogP contribution in [-0.2, 0) is 11.2 Å². The zero-order chi connectivity index (χ0) is 15.3. The molecule has 0 aliphatic rings. The quantitative estimate of drug-likeness (QED) is 0.736. The molecule has 3 N–H and O–H groups in total. The summed E-state index contributed by atoms with van der Waals surface area (Å²) in [5.74, 6) is -0.766. The van der Waals surface area contributed by atoms with Gasteiger partial charge >= 0.3 is 5.97 Å². The molecular weight excluding hydrogens is 258 g/mol. The fourth-order valence-corrected chi connectivity index (χ4v) is 1.66. The normalized spacial score (nSPS) is 12.1. The lowest BCUT2D eigenvalue weighted by atomic mass is 10.2. The van der Waals surface area contributed by atoms with Crippen LogP contribution >= 0.6 is 0 Å². The van der Waals surface area contributed by atoms with Crippen molar-refractivity contribution in [1.29, 1.82) is 0 Å². The first-order chi connectivity index (χ1) is 9.33. The third-order valence-corrected chi connectivity index (χ3v) is 2.68. The van der Waals surface area contributed by atoms with Crippen molar-refractivity contribution < 1.29 is 14.7 Å². The molecule has 0 saturated heterocycles. The second-order valence-electron chi connectivity index (χ2n) is 4.92. The van der Waals surface area contributed by atoms with Crippen LogP contribution in [0.15, 0.2) is 12.1 Å². The van der Waals surface area contributed by atoms with Gasteiger partial charge in [0.25, 0.3) is 0 Å². The first-order valence-corrected chi connectivity index (χ1v) is 6.64. The smallest absolute Gasteiger partial charge is 0.335 e. The van der Waals surface area contributed by atoms with Crippen molar-refractivity contribution in [1.82, 2.24) is 10.3 Å². The van der Waals surface area contributed by atoms with Gasteiger partial charge in [0.05, 0.1) is 5.56 Å². The Hall–Kier alpha value is -2.11. The van der Waals surface area contributed by atoms with Crippen molar-refractivity contribution in [3.8, 4) is 0 Å². The molecule has 1 unspecified atom stereocenters. The Bertz CT molecular complexity index is 500. The Morgan fingerprint density at radius 3 is 2.45 bits per heavy atom. The molecule has 6 heteroatoms. The number of aryl methyl sites for hydroxylation is 1. The second-order valence-corrected chi connectivity index (χ2v) is 4.92. The highest BCUT2D eigenvalue weighted by atomic mass is 16.4. The summed E-state index contributed by atoms with van der Waals surface area (Å²) in [6, 6.07) is 2.53. The number of amides is 1. The Morgan fingerprint density at radius 2 is 1.95 bits per heavy atom. The molecule has 1 aromatic heterocycles. The molecule has 0 radical (unpaired) electrons. The van der Waals surface area contributed by atoms with E-state index in [4.69, 9.17) is 5.11 Å². The number of rotatable bonds is 6. The van der Waals surface area contributed by atoms with E-state index in [2.05, 4.69) is 15.6 Å². The number of carboxylic acid groups (broad SMARTS) is 1. The number of carboxylic acids is 1. The maximum absolute atomic E-state index is 11.8. The number of hydrogen-bond acceptors (Lipinski definition) is 4. The van der Waals surface area contributed by atoms with E-state index < -0.39 is 12.0 Å². The molecule has 1 heterocycles. The number of anilines is 1. The van der Waals surface area contributed by atoms with Crippen molar-refractivity contribution >= 4 is 17.7 Å². The summed E-state index contributed by atoms with van der Waals surface area (Å²) >= 11 is 0. The number of aromatic carboxylic acids is 1. The van der Waals surface area contributed by atoms with Gasteiger partial charge in [-0.1, -0.05) is 6.92 Å². The van der Waals surface area contributed by atoms with Crippen molar-refractivity contribution in [2.24, 2.45) is 0 Å². The van der Waals surface area contributed by atoms with E-state index in [1.54, 1.807) is 6.92 Å². The fraction of sp³-hybridized carbons (Fsp3) is 0.500. The summed E-state index contributed by atoms with van der Waals surface area (Å²) < 4.78 is 0. The van der Waals surface area contributed by atoms with Crippen LogP contribution < -0.4 is 10.6 Å². The minimum absolute atomic E-state index is 0.0521. The van der Waals surface area contributed by atoms with E-state index in [0.717, 1.165) is 0 Å². The first-order valence-electron chi connectivity index (χ1n) is 6.64. The van der Waals surface area contributed by atoms with E-state index in [0.29, 0.717) is 17.9 Å².